The van der Waals surface area contributed by atoms with Crippen LogP contribution in [0.3, 0.4) is 0 Å². The van der Waals surface area contributed by atoms with E-state index in [0.29, 0.717) is 17.8 Å². The van der Waals surface area contributed by atoms with Gasteiger partial charge in [0.15, 0.2) is 0 Å². The number of hydrogen-bond donors (Lipinski definition) is 0. The van der Waals surface area contributed by atoms with Crippen molar-refractivity contribution in [3.8, 4) is 11.5 Å². The molecule has 3 aromatic rings. The highest BCUT2D eigenvalue weighted by Crippen LogP contribution is 2.40. The van der Waals surface area contributed by atoms with Gasteiger partial charge in [-0.05, 0) is 49.2 Å². The molecule has 1 unspecified atom stereocenters. The Morgan fingerprint density at radius 3 is 2.91 bits per heavy atom. The molecular formula is C15H16N6OS. The summed E-state index contributed by atoms with van der Waals surface area (Å²) in [5, 5.41) is 21.0. The van der Waals surface area contributed by atoms with E-state index in [1.165, 1.54) is 0 Å². The Morgan fingerprint density at radius 2 is 2.13 bits per heavy atom. The van der Waals surface area contributed by atoms with E-state index in [4.69, 9.17) is 4.42 Å². The van der Waals surface area contributed by atoms with Crippen LogP contribution in [0, 0.1) is 6.92 Å². The fraction of sp³-hybridized carbons (Fsp3) is 0.400. The highest BCUT2D eigenvalue weighted by molar-refractivity contribution is 7.99. The number of aryl methyl sites for hydroxylation is 1. The van der Waals surface area contributed by atoms with Gasteiger partial charge in [-0.25, -0.2) is 4.68 Å². The number of benzene rings is 1. The Balaban J connectivity index is 1.53. The summed E-state index contributed by atoms with van der Waals surface area (Å²) in [4.78, 5) is 0. The van der Waals surface area contributed by atoms with E-state index < -0.39 is 0 Å². The molecule has 0 radical (unpaired) electrons. The highest BCUT2D eigenvalue weighted by atomic mass is 32.2. The van der Waals surface area contributed by atoms with E-state index in [2.05, 4.69) is 25.7 Å². The molecule has 7 nitrogen and oxygen atoms in total. The molecule has 8 heteroatoms. The lowest BCUT2D eigenvalue weighted by Gasteiger charge is -2.06. The molecule has 1 atom stereocenters. The second-order valence-corrected chi connectivity index (χ2v) is 7.02. The van der Waals surface area contributed by atoms with Crippen LogP contribution >= 0.6 is 11.8 Å². The van der Waals surface area contributed by atoms with Gasteiger partial charge in [0.1, 0.15) is 0 Å². The first-order chi connectivity index (χ1) is 11.2. The smallest absolute Gasteiger partial charge is 0.247 e. The van der Waals surface area contributed by atoms with Crippen molar-refractivity contribution < 1.29 is 4.42 Å². The van der Waals surface area contributed by atoms with Gasteiger partial charge < -0.3 is 4.42 Å². The van der Waals surface area contributed by atoms with Crippen molar-refractivity contribution in [2.24, 2.45) is 0 Å². The average Bonchev–Trinajstić information content (AvgIpc) is 3.09. The van der Waals surface area contributed by atoms with Crippen LogP contribution in [0.2, 0.25) is 0 Å². The first-order valence-corrected chi connectivity index (χ1v) is 8.43. The lowest BCUT2D eigenvalue weighted by molar-refractivity contribution is 0.507. The molecule has 1 aliphatic rings. The third-order valence-electron chi connectivity index (χ3n) is 3.69. The van der Waals surface area contributed by atoms with Gasteiger partial charge in [-0.15, -0.1) is 15.3 Å². The van der Waals surface area contributed by atoms with E-state index in [1.54, 1.807) is 11.8 Å². The summed E-state index contributed by atoms with van der Waals surface area (Å²) < 4.78 is 7.72. The molecule has 1 aromatic carbocycles. The molecular weight excluding hydrogens is 312 g/mol. The minimum atomic E-state index is -0.00967. The Hall–Kier alpha value is -2.22. The Labute approximate surface area is 137 Å². The van der Waals surface area contributed by atoms with Gasteiger partial charge >= 0.3 is 0 Å². The summed E-state index contributed by atoms with van der Waals surface area (Å²) in [5.41, 5.74) is 2.09. The van der Waals surface area contributed by atoms with Gasteiger partial charge in [-0.1, -0.05) is 29.5 Å². The van der Waals surface area contributed by atoms with E-state index in [-0.39, 0.29) is 5.25 Å². The van der Waals surface area contributed by atoms with Crippen LogP contribution in [-0.4, -0.2) is 30.4 Å². The van der Waals surface area contributed by atoms with Crippen molar-refractivity contribution in [3.63, 3.8) is 0 Å². The van der Waals surface area contributed by atoms with Gasteiger partial charge in [0, 0.05) is 5.56 Å². The van der Waals surface area contributed by atoms with Crippen molar-refractivity contribution in [3.05, 3.63) is 35.7 Å². The van der Waals surface area contributed by atoms with Crippen molar-refractivity contribution in [1.82, 2.24) is 30.4 Å². The van der Waals surface area contributed by atoms with E-state index >= 15 is 0 Å². The van der Waals surface area contributed by atoms with Crippen molar-refractivity contribution in [2.45, 2.75) is 43.1 Å². The van der Waals surface area contributed by atoms with Crippen molar-refractivity contribution in [1.29, 1.82) is 0 Å². The lowest BCUT2D eigenvalue weighted by atomic mass is 10.1. The molecule has 0 saturated heterocycles. The molecule has 0 aliphatic heterocycles. The van der Waals surface area contributed by atoms with Crippen LogP contribution in [0.1, 0.15) is 42.5 Å². The molecule has 0 amide bonds. The van der Waals surface area contributed by atoms with Gasteiger partial charge in [0.25, 0.3) is 0 Å². The number of nitrogens with zero attached hydrogens (tertiary/aromatic N) is 6. The van der Waals surface area contributed by atoms with Gasteiger partial charge in [-0.3, -0.25) is 0 Å². The van der Waals surface area contributed by atoms with Crippen LogP contribution in [0.15, 0.2) is 33.8 Å². The first kappa shape index (κ1) is 14.4. The molecule has 2 heterocycles. The number of tetrazole rings is 1. The second kappa shape index (κ2) is 5.77. The van der Waals surface area contributed by atoms with Crippen LogP contribution in [0.4, 0.5) is 0 Å². The summed E-state index contributed by atoms with van der Waals surface area (Å²) in [7, 11) is 0. The maximum absolute atomic E-state index is 5.83. The maximum atomic E-state index is 5.83. The normalized spacial score (nSPS) is 15.7. The summed E-state index contributed by atoms with van der Waals surface area (Å²) in [6.07, 6.45) is 2.29. The van der Waals surface area contributed by atoms with Gasteiger partial charge in [-0.2, -0.15) is 0 Å². The Kier molecular flexibility index (Phi) is 3.60. The number of aromatic nitrogens is 6. The first-order valence-electron chi connectivity index (χ1n) is 7.55. The molecule has 0 bridgehead atoms. The topological polar surface area (TPSA) is 82.5 Å². The molecule has 1 fully saturated rings. The lowest BCUT2D eigenvalue weighted by Crippen LogP contribution is -2.00. The predicted molar refractivity (Wildman–Crippen MR) is 84.8 cm³/mol. The minimum Gasteiger partial charge on any atom is -0.419 e. The standard InChI is InChI=1S/C15H16N6OS/c1-9-4-3-5-11(8-9)14-17-16-13(22-14)10(2)23-15-18-19-20-21(15)12-6-7-12/h3-5,8,10,12H,6-7H2,1-2H3. The monoisotopic (exact) mass is 328 g/mol. The van der Waals surface area contributed by atoms with Crippen LogP contribution < -0.4 is 0 Å². The third-order valence-corrected chi connectivity index (χ3v) is 4.73. The summed E-state index contributed by atoms with van der Waals surface area (Å²) in [6, 6.07) is 8.47. The van der Waals surface area contributed by atoms with Crippen LogP contribution in [-0.2, 0) is 0 Å². The molecule has 1 saturated carbocycles. The SMILES string of the molecule is Cc1cccc(-c2nnc(C(C)Sc3nnnn3C3CC3)o2)c1. The van der Waals surface area contributed by atoms with Crippen LogP contribution in [0.5, 0.6) is 0 Å². The zero-order chi connectivity index (χ0) is 15.8. The number of thioether (sulfide) groups is 1. The van der Waals surface area contributed by atoms with E-state index in [1.807, 2.05) is 42.8 Å². The molecule has 1 aliphatic carbocycles. The Morgan fingerprint density at radius 1 is 1.26 bits per heavy atom. The van der Waals surface area contributed by atoms with Crippen molar-refractivity contribution in [2.75, 3.05) is 0 Å². The van der Waals surface area contributed by atoms with E-state index in [0.717, 1.165) is 29.1 Å². The third kappa shape index (κ3) is 2.98. The van der Waals surface area contributed by atoms with E-state index in [9.17, 15) is 0 Å². The van der Waals surface area contributed by atoms with Gasteiger partial charge in [0.2, 0.25) is 16.9 Å². The number of rotatable bonds is 5. The molecule has 2 aromatic heterocycles. The molecule has 0 N–H and O–H groups in total. The Bertz CT molecular complexity index is 825. The quantitative estimate of drug-likeness (QED) is 0.665. The highest BCUT2D eigenvalue weighted by Gasteiger charge is 2.29. The second-order valence-electron chi connectivity index (χ2n) is 5.71. The molecule has 118 valence electrons. The zero-order valence-electron chi connectivity index (χ0n) is 12.9. The molecule has 0 spiro atoms. The average molecular weight is 328 g/mol. The minimum absolute atomic E-state index is 0.00967. The van der Waals surface area contributed by atoms with Gasteiger partial charge in [0.05, 0.1) is 11.3 Å². The largest absolute Gasteiger partial charge is 0.419 e. The maximum Gasteiger partial charge on any atom is 0.247 e. The van der Waals surface area contributed by atoms with Crippen molar-refractivity contribution >= 4 is 11.8 Å². The summed E-state index contributed by atoms with van der Waals surface area (Å²) in [5.74, 6) is 1.12. The van der Waals surface area contributed by atoms with Crippen LogP contribution in [0.25, 0.3) is 11.5 Å². The molecule has 4 rings (SSSR count). The number of hydrogen-bond acceptors (Lipinski definition) is 7. The fourth-order valence-electron chi connectivity index (χ4n) is 2.31. The zero-order valence-corrected chi connectivity index (χ0v) is 13.7. The summed E-state index contributed by atoms with van der Waals surface area (Å²) >= 11 is 1.54. The predicted octanol–water partition coefficient (Wildman–Crippen LogP) is 3.22. The fourth-order valence-corrected chi connectivity index (χ4v) is 3.20. The molecule has 23 heavy (non-hydrogen) atoms. The summed E-state index contributed by atoms with van der Waals surface area (Å²) in [6.45, 7) is 4.06.